The van der Waals surface area contributed by atoms with Gasteiger partial charge in [-0.05, 0) is 41.0 Å². The van der Waals surface area contributed by atoms with Gasteiger partial charge < -0.3 is 9.64 Å². The molecule has 0 spiro atoms. The van der Waals surface area contributed by atoms with Crippen molar-refractivity contribution in [2.24, 2.45) is 0 Å². The zero-order valence-electron chi connectivity index (χ0n) is 13.8. The number of pyridine rings is 1. The number of fused-ring (bicyclic) bond motifs is 1. The van der Waals surface area contributed by atoms with Gasteiger partial charge in [0.2, 0.25) is 0 Å². The molecule has 1 aliphatic rings. The van der Waals surface area contributed by atoms with Gasteiger partial charge in [0.25, 0.3) is 5.91 Å². The smallest absolute Gasteiger partial charge is 0.257 e. The first-order chi connectivity index (χ1) is 12.3. The first-order valence-electron chi connectivity index (χ1n) is 8.43. The van der Waals surface area contributed by atoms with Crippen molar-refractivity contribution in [3.05, 3.63) is 59.8 Å². The highest BCUT2D eigenvalue weighted by Crippen LogP contribution is 2.16. The molecule has 0 bridgehead atoms. The van der Waals surface area contributed by atoms with Gasteiger partial charge in [-0.3, -0.25) is 4.79 Å². The molecule has 2 aromatic heterocycles. The predicted octanol–water partition coefficient (Wildman–Crippen LogP) is 1.60. The van der Waals surface area contributed by atoms with E-state index in [0.717, 1.165) is 12.8 Å². The van der Waals surface area contributed by atoms with Crippen LogP contribution in [0.15, 0.2) is 48.7 Å². The topological polar surface area (TPSA) is 72.6 Å². The standard InChI is InChI=1S/C18H19N5O2/c24-18(16-7-4-10-23-17(16)19-20-21-23)22-11-12-25-15(13-22)9-8-14-5-2-1-3-6-14/h1-7,10,15H,8-9,11-13H2. The third kappa shape index (κ3) is 3.36. The van der Waals surface area contributed by atoms with Crippen LogP contribution in [0.4, 0.5) is 0 Å². The van der Waals surface area contributed by atoms with Crippen LogP contribution < -0.4 is 0 Å². The lowest BCUT2D eigenvalue weighted by molar-refractivity contribution is -0.0245. The molecule has 1 unspecified atom stereocenters. The molecule has 3 aromatic rings. The minimum Gasteiger partial charge on any atom is -0.375 e. The average molecular weight is 337 g/mol. The summed E-state index contributed by atoms with van der Waals surface area (Å²) >= 11 is 0. The summed E-state index contributed by atoms with van der Waals surface area (Å²) < 4.78 is 7.36. The zero-order valence-corrected chi connectivity index (χ0v) is 13.8. The Balaban J connectivity index is 1.44. The van der Waals surface area contributed by atoms with Crippen molar-refractivity contribution in [1.29, 1.82) is 0 Å². The fourth-order valence-electron chi connectivity index (χ4n) is 3.15. The minimum absolute atomic E-state index is 0.0478. The second-order valence-electron chi connectivity index (χ2n) is 6.14. The second-order valence-corrected chi connectivity index (χ2v) is 6.14. The van der Waals surface area contributed by atoms with Gasteiger partial charge in [0.1, 0.15) is 0 Å². The van der Waals surface area contributed by atoms with Gasteiger partial charge in [0.15, 0.2) is 5.65 Å². The Morgan fingerprint density at radius 3 is 2.96 bits per heavy atom. The van der Waals surface area contributed by atoms with Gasteiger partial charge >= 0.3 is 0 Å². The molecule has 1 saturated heterocycles. The number of benzene rings is 1. The highest BCUT2D eigenvalue weighted by molar-refractivity contribution is 5.99. The van der Waals surface area contributed by atoms with Crippen LogP contribution in [-0.4, -0.2) is 56.6 Å². The summed E-state index contributed by atoms with van der Waals surface area (Å²) in [5.41, 5.74) is 2.30. The normalized spacial score (nSPS) is 17.8. The van der Waals surface area contributed by atoms with Crippen LogP contribution in [-0.2, 0) is 11.2 Å². The number of ether oxygens (including phenoxy) is 1. The van der Waals surface area contributed by atoms with E-state index in [1.54, 1.807) is 18.3 Å². The molecule has 7 nitrogen and oxygen atoms in total. The molecular formula is C18H19N5O2. The number of nitrogens with zero attached hydrogens (tertiary/aromatic N) is 5. The van der Waals surface area contributed by atoms with Crippen molar-refractivity contribution in [2.45, 2.75) is 18.9 Å². The summed E-state index contributed by atoms with van der Waals surface area (Å²) in [6.45, 7) is 1.73. The maximum atomic E-state index is 12.9. The number of carbonyl (C=O) groups is 1. The highest BCUT2D eigenvalue weighted by Gasteiger charge is 2.26. The number of hydrogen-bond acceptors (Lipinski definition) is 5. The summed E-state index contributed by atoms with van der Waals surface area (Å²) in [7, 11) is 0. The third-order valence-corrected chi connectivity index (χ3v) is 4.48. The molecule has 1 aliphatic heterocycles. The maximum Gasteiger partial charge on any atom is 0.257 e. The zero-order chi connectivity index (χ0) is 17.1. The highest BCUT2D eigenvalue weighted by atomic mass is 16.5. The molecular weight excluding hydrogens is 318 g/mol. The Kier molecular flexibility index (Phi) is 4.39. The second kappa shape index (κ2) is 6.98. The molecule has 0 saturated carbocycles. The van der Waals surface area contributed by atoms with Crippen molar-refractivity contribution < 1.29 is 9.53 Å². The lowest BCUT2D eigenvalue weighted by Crippen LogP contribution is -2.45. The molecule has 1 fully saturated rings. The van der Waals surface area contributed by atoms with Gasteiger partial charge in [-0.2, -0.15) is 4.52 Å². The van der Waals surface area contributed by atoms with Crippen LogP contribution in [0.5, 0.6) is 0 Å². The van der Waals surface area contributed by atoms with E-state index >= 15 is 0 Å². The maximum absolute atomic E-state index is 12.9. The number of aromatic nitrogens is 4. The molecule has 1 aromatic carbocycles. The number of morpholine rings is 1. The first kappa shape index (κ1) is 15.7. The van der Waals surface area contributed by atoms with Crippen molar-refractivity contribution in [3.8, 4) is 0 Å². The number of aryl methyl sites for hydroxylation is 1. The molecule has 1 amide bonds. The molecule has 3 heterocycles. The summed E-state index contributed by atoms with van der Waals surface area (Å²) in [6, 6.07) is 13.9. The Labute approximate surface area is 145 Å². The van der Waals surface area contributed by atoms with E-state index < -0.39 is 0 Å². The largest absolute Gasteiger partial charge is 0.375 e. The number of carbonyl (C=O) groups excluding carboxylic acids is 1. The summed E-state index contributed by atoms with van der Waals surface area (Å²) in [5, 5.41) is 11.4. The number of amides is 1. The van der Waals surface area contributed by atoms with E-state index in [9.17, 15) is 4.79 Å². The first-order valence-corrected chi connectivity index (χ1v) is 8.43. The molecule has 0 radical (unpaired) electrons. The third-order valence-electron chi connectivity index (χ3n) is 4.48. The van der Waals surface area contributed by atoms with Crippen molar-refractivity contribution in [2.75, 3.05) is 19.7 Å². The molecule has 128 valence electrons. The van der Waals surface area contributed by atoms with Gasteiger partial charge in [0, 0.05) is 19.3 Å². The van der Waals surface area contributed by atoms with Crippen LogP contribution in [0.1, 0.15) is 22.3 Å². The van der Waals surface area contributed by atoms with E-state index in [4.69, 9.17) is 4.74 Å². The van der Waals surface area contributed by atoms with Gasteiger partial charge in [0.05, 0.1) is 18.3 Å². The lowest BCUT2D eigenvalue weighted by Gasteiger charge is -2.33. The van der Waals surface area contributed by atoms with Gasteiger partial charge in [-0.25, -0.2) is 0 Å². The Morgan fingerprint density at radius 1 is 1.20 bits per heavy atom. The predicted molar refractivity (Wildman–Crippen MR) is 91.2 cm³/mol. The van der Waals surface area contributed by atoms with Crippen LogP contribution in [0.2, 0.25) is 0 Å². The minimum atomic E-state index is -0.0478. The summed E-state index contributed by atoms with van der Waals surface area (Å²) in [4.78, 5) is 14.7. The molecule has 25 heavy (non-hydrogen) atoms. The van der Waals surface area contributed by atoms with E-state index in [-0.39, 0.29) is 12.0 Å². The molecule has 1 atom stereocenters. The van der Waals surface area contributed by atoms with Crippen LogP contribution in [0.3, 0.4) is 0 Å². The van der Waals surface area contributed by atoms with E-state index in [0.29, 0.717) is 30.9 Å². The van der Waals surface area contributed by atoms with Crippen LogP contribution >= 0.6 is 0 Å². The fourth-order valence-corrected chi connectivity index (χ4v) is 3.15. The monoisotopic (exact) mass is 337 g/mol. The Morgan fingerprint density at radius 2 is 2.08 bits per heavy atom. The average Bonchev–Trinajstić information content (AvgIpc) is 3.16. The summed E-state index contributed by atoms with van der Waals surface area (Å²) in [5.74, 6) is -0.0478. The van der Waals surface area contributed by atoms with Crippen molar-refractivity contribution in [3.63, 3.8) is 0 Å². The Bertz CT molecular complexity index is 864. The molecule has 7 heteroatoms. The van der Waals surface area contributed by atoms with Crippen molar-refractivity contribution >= 4 is 11.6 Å². The van der Waals surface area contributed by atoms with Crippen LogP contribution in [0, 0.1) is 0 Å². The van der Waals surface area contributed by atoms with E-state index in [1.165, 1.54) is 10.1 Å². The number of hydrogen-bond donors (Lipinski definition) is 0. The van der Waals surface area contributed by atoms with Gasteiger partial charge in [-0.1, -0.05) is 30.3 Å². The van der Waals surface area contributed by atoms with Crippen LogP contribution in [0.25, 0.3) is 5.65 Å². The molecule has 0 aliphatic carbocycles. The molecule has 4 rings (SSSR count). The number of tetrazole rings is 1. The van der Waals surface area contributed by atoms with E-state index in [2.05, 4.69) is 27.7 Å². The fraction of sp³-hybridized carbons (Fsp3) is 0.333. The summed E-state index contributed by atoms with van der Waals surface area (Å²) in [6.07, 6.45) is 3.61. The quantitative estimate of drug-likeness (QED) is 0.723. The Hall–Kier alpha value is -2.80. The van der Waals surface area contributed by atoms with Gasteiger partial charge in [-0.15, -0.1) is 5.10 Å². The molecule has 0 N–H and O–H groups in total. The van der Waals surface area contributed by atoms with E-state index in [1.807, 2.05) is 23.1 Å². The van der Waals surface area contributed by atoms with Crippen molar-refractivity contribution in [1.82, 2.24) is 24.9 Å². The SMILES string of the molecule is O=C(c1cccn2nnnc12)N1CCOC(CCc2ccccc2)C1. The lowest BCUT2D eigenvalue weighted by atomic mass is 10.1. The number of rotatable bonds is 4.